The number of amides is 4. The molecule has 0 saturated carbocycles. The first-order valence-electron chi connectivity index (χ1n) is 8.98. The summed E-state index contributed by atoms with van der Waals surface area (Å²) in [7, 11) is 0. The zero-order valence-corrected chi connectivity index (χ0v) is 15.4. The van der Waals surface area contributed by atoms with E-state index in [1.165, 1.54) is 0 Å². The van der Waals surface area contributed by atoms with Gasteiger partial charge >= 0.3 is 6.03 Å². The lowest BCUT2D eigenvalue weighted by Gasteiger charge is -2.22. The van der Waals surface area contributed by atoms with E-state index in [0.717, 1.165) is 16.0 Å². The highest BCUT2D eigenvalue weighted by molar-refractivity contribution is 6.08. The van der Waals surface area contributed by atoms with E-state index < -0.39 is 17.5 Å². The fourth-order valence-corrected chi connectivity index (χ4v) is 3.13. The van der Waals surface area contributed by atoms with Gasteiger partial charge in [-0.1, -0.05) is 67.6 Å². The Morgan fingerprint density at radius 1 is 1.04 bits per heavy atom. The maximum Gasteiger partial charge on any atom is 0.325 e. The monoisotopic (exact) mass is 365 g/mol. The first kappa shape index (κ1) is 18.6. The summed E-state index contributed by atoms with van der Waals surface area (Å²) >= 11 is 0. The summed E-state index contributed by atoms with van der Waals surface area (Å²) in [6, 6.07) is 18.3. The molecule has 2 aromatic carbocycles. The zero-order chi connectivity index (χ0) is 19.4. The third-order valence-electron chi connectivity index (χ3n) is 4.93. The van der Waals surface area contributed by atoms with Gasteiger partial charge in [0.15, 0.2) is 0 Å². The van der Waals surface area contributed by atoms with Crippen LogP contribution < -0.4 is 10.6 Å². The van der Waals surface area contributed by atoms with Crippen molar-refractivity contribution < 1.29 is 14.4 Å². The quantitative estimate of drug-likeness (QED) is 0.773. The maximum atomic E-state index is 12.7. The van der Waals surface area contributed by atoms with Gasteiger partial charge in [-0.15, -0.1) is 0 Å². The van der Waals surface area contributed by atoms with Gasteiger partial charge in [-0.05, 0) is 24.5 Å². The number of urea groups is 1. The van der Waals surface area contributed by atoms with Crippen molar-refractivity contribution >= 4 is 17.8 Å². The van der Waals surface area contributed by atoms with Crippen molar-refractivity contribution in [3.63, 3.8) is 0 Å². The van der Waals surface area contributed by atoms with Crippen molar-refractivity contribution in [3.8, 4) is 0 Å². The molecule has 1 aliphatic rings. The van der Waals surface area contributed by atoms with Gasteiger partial charge in [-0.3, -0.25) is 14.5 Å². The third kappa shape index (κ3) is 3.84. The van der Waals surface area contributed by atoms with Gasteiger partial charge in [0.25, 0.3) is 5.91 Å². The largest absolute Gasteiger partial charge is 0.344 e. The Morgan fingerprint density at radius 3 is 2.00 bits per heavy atom. The Bertz CT molecular complexity index is 799. The van der Waals surface area contributed by atoms with Crippen LogP contribution in [0.2, 0.25) is 0 Å². The Morgan fingerprint density at radius 2 is 1.56 bits per heavy atom. The minimum absolute atomic E-state index is 0.309. The number of imide groups is 1. The molecule has 0 spiro atoms. The fourth-order valence-electron chi connectivity index (χ4n) is 3.13. The predicted molar refractivity (Wildman–Crippen MR) is 102 cm³/mol. The van der Waals surface area contributed by atoms with Crippen LogP contribution in [0.25, 0.3) is 0 Å². The van der Waals surface area contributed by atoms with E-state index in [-0.39, 0.29) is 18.5 Å². The summed E-state index contributed by atoms with van der Waals surface area (Å²) in [6.07, 6.45) is 0.465. The third-order valence-corrected chi connectivity index (χ3v) is 4.93. The number of nitrogens with zero attached hydrogens (tertiary/aromatic N) is 1. The summed E-state index contributed by atoms with van der Waals surface area (Å²) in [6.45, 7) is 3.18. The second kappa shape index (κ2) is 7.61. The van der Waals surface area contributed by atoms with Crippen LogP contribution in [0.4, 0.5) is 4.79 Å². The molecule has 3 rings (SSSR count). The van der Waals surface area contributed by atoms with E-state index in [9.17, 15) is 14.4 Å². The van der Waals surface area contributed by atoms with Crippen molar-refractivity contribution in [2.45, 2.75) is 31.8 Å². The zero-order valence-electron chi connectivity index (χ0n) is 15.4. The summed E-state index contributed by atoms with van der Waals surface area (Å²) in [5.74, 6) is -0.766. The molecule has 1 saturated heterocycles. The molecule has 27 heavy (non-hydrogen) atoms. The normalized spacial score (nSPS) is 19.3. The molecule has 6 nitrogen and oxygen atoms in total. The molecule has 0 aromatic heterocycles. The molecule has 1 aliphatic heterocycles. The lowest BCUT2D eigenvalue weighted by atomic mass is 9.98. The molecule has 140 valence electrons. The van der Waals surface area contributed by atoms with Crippen LogP contribution in [-0.4, -0.2) is 34.8 Å². The second-order valence-electron chi connectivity index (χ2n) is 6.83. The molecular weight excluding hydrogens is 342 g/mol. The topological polar surface area (TPSA) is 78.5 Å². The highest BCUT2D eigenvalue weighted by atomic mass is 16.2. The van der Waals surface area contributed by atoms with Crippen molar-refractivity contribution in [2.75, 3.05) is 6.54 Å². The van der Waals surface area contributed by atoms with E-state index in [0.29, 0.717) is 6.42 Å². The predicted octanol–water partition coefficient (Wildman–Crippen LogP) is 2.61. The van der Waals surface area contributed by atoms with Gasteiger partial charge < -0.3 is 10.6 Å². The van der Waals surface area contributed by atoms with Crippen molar-refractivity contribution in [3.05, 3.63) is 71.8 Å². The summed E-state index contributed by atoms with van der Waals surface area (Å²) in [5.41, 5.74) is 0.899. The molecule has 0 aliphatic carbocycles. The summed E-state index contributed by atoms with van der Waals surface area (Å²) in [5, 5.41) is 5.61. The van der Waals surface area contributed by atoms with Gasteiger partial charge in [-0.25, -0.2) is 4.79 Å². The Hall–Kier alpha value is -3.15. The first-order valence-corrected chi connectivity index (χ1v) is 8.98. The Labute approximate surface area is 158 Å². The van der Waals surface area contributed by atoms with Crippen LogP contribution in [0, 0.1) is 0 Å². The molecule has 4 amide bonds. The van der Waals surface area contributed by atoms with Crippen molar-refractivity contribution in [1.82, 2.24) is 15.5 Å². The smallest absolute Gasteiger partial charge is 0.325 e. The maximum absolute atomic E-state index is 12.7. The molecule has 1 fully saturated rings. The Balaban J connectivity index is 1.78. The van der Waals surface area contributed by atoms with E-state index >= 15 is 0 Å². The Kier molecular flexibility index (Phi) is 5.26. The molecule has 0 bridgehead atoms. The van der Waals surface area contributed by atoms with E-state index in [1.807, 2.05) is 67.6 Å². The van der Waals surface area contributed by atoms with E-state index in [1.54, 1.807) is 6.92 Å². The van der Waals surface area contributed by atoms with Gasteiger partial charge in [0.2, 0.25) is 5.91 Å². The molecule has 0 unspecified atom stereocenters. The average molecular weight is 365 g/mol. The van der Waals surface area contributed by atoms with Crippen LogP contribution in [0.3, 0.4) is 0 Å². The first-order chi connectivity index (χ1) is 12.9. The van der Waals surface area contributed by atoms with Gasteiger partial charge in [0.05, 0.1) is 6.04 Å². The standard InChI is InChI=1S/C21H23N3O3/c1-3-21(2)19(26)24(20(27)23-21)14-17(25)22-18(15-10-6-4-7-11-15)16-12-8-5-9-13-16/h4-13,18H,3,14H2,1-2H3,(H,22,25)(H,23,27)/t21-/m0/s1. The molecule has 2 aromatic rings. The highest BCUT2D eigenvalue weighted by Crippen LogP contribution is 2.23. The summed E-state index contributed by atoms with van der Waals surface area (Å²) < 4.78 is 0. The second-order valence-corrected chi connectivity index (χ2v) is 6.83. The van der Waals surface area contributed by atoms with Gasteiger partial charge in [-0.2, -0.15) is 0 Å². The summed E-state index contributed by atoms with van der Waals surface area (Å²) in [4.78, 5) is 38.3. The van der Waals surface area contributed by atoms with E-state index in [2.05, 4.69) is 10.6 Å². The number of rotatable bonds is 6. The SMILES string of the molecule is CC[C@]1(C)NC(=O)N(CC(=O)NC(c2ccccc2)c2ccccc2)C1=O. The van der Waals surface area contributed by atoms with Crippen molar-refractivity contribution in [1.29, 1.82) is 0 Å². The minimum Gasteiger partial charge on any atom is -0.344 e. The average Bonchev–Trinajstić information content (AvgIpc) is 2.91. The van der Waals surface area contributed by atoms with Crippen molar-refractivity contribution in [2.24, 2.45) is 0 Å². The number of nitrogens with one attached hydrogen (secondary N) is 2. The molecule has 6 heteroatoms. The lowest BCUT2D eigenvalue weighted by Crippen LogP contribution is -2.45. The van der Waals surface area contributed by atoms with Crippen LogP contribution in [0.5, 0.6) is 0 Å². The van der Waals surface area contributed by atoms with Crippen LogP contribution in [-0.2, 0) is 9.59 Å². The minimum atomic E-state index is -0.949. The van der Waals surface area contributed by atoms with Crippen LogP contribution >= 0.6 is 0 Å². The number of benzene rings is 2. The van der Waals surface area contributed by atoms with Gasteiger partial charge in [0.1, 0.15) is 12.1 Å². The molecule has 0 radical (unpaired) electrons. The number of carbonyl (C=O) groups is 3. The molecule has 1 atom stereocenters. The van der Waals surface area contributed by atoms with Gasteiger partial charge in [0, 0.05) is 0 Å². The molecular formula is C21H23N3O3. The number of hydrogen-bond donors (Lipinski definition) is 2. The highest BCUT2D eigenvalue weighted by Gasteiger charge is 2.47. The number of hydrogen-bond acceptors (Lipinski definition) is 3. The van der Waals surface area contributed by atoms with Crippen LogP contribution in [0.1, 0.15) is 37.4 Å². The lowest BCUT2D eigenvalue weighted by molar-refractivity contribution is -0.134. The van der Waals surface area contributed by atoms with E-state index in [4.69, 9.17) is 0 Å². The molecule has 1 heterocycles. The fraction of sp³-hybridized carbons (Fsp3) is 0.286. The van der Waals surface area contributed by atoms with Crippen LogP contribution in [0.15, 0.2) is 60.7 Å². The number of carbonyl (C=O) groups excluding carboxylic acids is 3. The molecule has 2 N–H and O–H groups in total.